The molecule has 0 unspecified atom stereocenters. The number of nitrogens with zero attached hydrogens (tertiary/aromatic N) is 2. The fourth-order valence-corrected chi connectivity index (χ4v) is 3.34. The summed E-state index contributed by atoms with van der Waals surface area (Å²) in [6, 6.07) is 17.3. The van der Waals surface area contributed by atoms with E-state index in [9.17, 15) is 4.79 Å². The van der Waals surface area contributed by atoms with Crippen LogP contribution in [0.25, 0.3) is 11.3 Å². The van der Waals surface area contributed by atoms with Crippen molar-refractivity contribution in [2.45, 2.75) is 12.5 Å². The molecule has 4 rings (SSSR count). The third-order valence-corrected chi connectivity index (χ3v) is 4.93. The van der Waals surface area contributed by atoms with Gasteiger partial charge in [0.05, 0.1) is 26.0 Å². The molecule has 1 aliphatic rings. The van der Waals surface area contributed by atoms with Crippen molar-refractivity contribution in [2.24, 2.45) is 0 Å². The van der Waals surface area contributed by atoms with Crippen molar-refractivity contribution in [3.63, 3.8) is 0 Å². The molecular weight excluding hydrogens is 342 g/mol. The molecule has 27 heavy (non-hydrogen) atoms. The average Bonchev–Trinajstić information content (AvgIpc) is 3.18. The van der Waals surface area contributed by atoms with Gasteiger partial charge in [-0.15, -0.1) is 0 Å². The minimum absolute atomic E-state index is 0.0456. The molecule has 2 aromatic carbocycles. The highest BCUT2D eigenvalue weighted by Crippen LogP contribution is 2.36. The van der Waals surface area contributed by atoms with Crippen molar-refractivity contribution in [3.05, 3.63) is 65.9 Å². The number of likely N-dealkylation sites (tertiary alicyclic amines) is 1. The SMILES string of the molecule is COc1cccc(-c2cc(C(=O)N3CC[C@H]3c3cccc(OC)c3)[nH]n2)c1. The number of rotatable bonds is 5. The van der Waals surface area contributed by atoms with E-state index in [1.54, 1.807) is 20.3 Å². The number of carbonyl (C=O) groups is 1. The number of aromatic amines is 1. The van der Waals surface area contributed by atoms with Crippen LogP contribution in [0.5, 0.6) is 11.5 Å². The molecule has 3 aromatic rings. The Balaban J connectivity index is 1.54. The van der Waals surface area contributed by atoms with Gasteiger partial charge in [0.1, 0.15) is 17.2 Å². The maximum Gasteiger partial charge on any atom is 0.272 e. The number of hydrogen-bond donors (Lipinski definition) is 1. The fraction of sp³-hybridized carbons (Fsp3) is 0.238. The van der Waals surface area contributed by atoms with E-state index in [-0.39, 0.29) is 11.9 Å². The third-order valence-electron chi connectivity index (χ3n) is 4.93. The Morgan fingerprint density at radius 3 is 2.52 bits per heavy atom. The molecular formula is C21H21N3O3. The minimum Gasteiger partial charge on any atom is -0.497 e. The first-order valence-electron chi connectivity index (χ1n) is 8.84. The van der Waals surface area contributed by atoms with Gasteiger partial charge in [-0.1, -0.05) is 24.3 Å². The van der Waals surface area contributed by atoms with E-state index in [1.807, 2.05) is 53.4 Å². The number of amides is 1. The van der Waals surface area contributed by atoms with Crippen molar-refractivity contribution in [1.82, 2.24) is 15.1 Å². The van der Waals surface area contributed by atoms with Gasteiger partial charge in [0, 0.05) is 12.1 Å². The Morgan fingerprint density at radius 1 is 1.07 bits per heavy atom. The van der Waals surface area contributed by atoms with Crippen molar-refractivity contribution in [3.8, 4) is 22.8 Å². The molecule has 1 fully saturated rings. The van der Waals surface area contributed by atoms with Gasteiger partial charge in [-0.25, -0.2) is 0 Å². The summed E-state index contributed by atoms with van der Waals surface area (Å²) < 4.78 is 10.5. The maximum atomic E-state index is 12.9. The first-order chi connectivity index (χ1) is 13.2. The van der Waals surface area contributed by atoms with E-state index < -0.39 is 0 Å². The summed E-state index contributed by atoms with van der Waals surface area (Å²) in [6.45, 7) is 0.730. The second-order valence-corrected chi connectivity index (χ2v) is 6.48. The quantitative estimate of drug-likeness (QED) is 0.751. The van der Waals surface area contributed by atoms with Crippen LogP contribution in [0.1, 0.15) is 28.5 Å². The first kappa shape index (κ1) is 17.1. The third kappa shape index (κ3) is 3.26. The Bertz CT molecular complexity index is 967. The summed E-state index contributed by atoms with van der Waals surface area (Å²) in [5.41, 5.74) is 3.19. The summed E-state index contributed by atoms with van der Waals surface area (Å²) in [7, 11) is 3.27. The second kappa shape index (κ2) is 7.15. The minimum atomic E-state index is -0.0456. The summed E-state index contributed by atoms with van der Waals surface area (Å²) in [5.74, 6) is 1.51. The van der Waals surface area contributed by atoms with Gasteiger partial charge in [0.25, 0.3) is 5.91 Å². The van der Waals surface area contributed by atoms with Gasteiger partial charge in [-0.3, -0.25) is 9.89 Å². The van der Waals surface area contributed by atoms with Gasteiger partial charge >= 0.3 is 0 Å². The highest BCUT2D eigenvalue weighted by molar-refractivity contribution is 5.94. The monoisotopic (exact) mass is 363 g/mol. The van der Waals surface area contributed by atoms with Crippen LogP contribution in [0.4, 0.5) is 0 Å². The molecule has 2 heterocycles. The highest BCUT2D eigenvalue weighted by atomic mass is 16.5. The Morgan fingerprint density at radius 2 is 1.81 bits per heavy atom. The molecule has 0 saturated carbocycles. The molecule has 1 N–H and O–H groups in total. The van der Waals surface area contributed by atoms with Crippen LogP contribution in [-0.4, -0.2) is 41.8 Å². The van der Waals surface area contributed by atoms with Crippen LogP contribution in [0, 0.1) is 0 Å². The molecule has 0 spiro atoms. The molecule has 1 amide bonds. The number of carbonyl (C=O) groups excluding carboxylic acids is 1. The molecule has 0 aliphatic carbocycles. The highest BCUT2D eigenvalue weighted by Gasteiger charge is 2.34. The zero-order valence-electron chi connectivity index (χ0n) is 15.3. The lowest BCUT2D eigenvalue weighted by molar-refractivity contribution is 0.0453. The predicted octanol–water partition coefficient (Wildman–Crippen LogP) is 3.68. The molecule has 1 aromatic heterocycles. The van der Waals surface area contributed by atoms with E-state index in [0.29, 0.717) is 5.69 Å². The van der Waals surface area contributed by atoms with E-state index in [4.69, 9.17) is 9.47 Å². The number of aromatic nitrogens is 2. The van der Waals surface area contributed by atoms with Crippen molar-refractivity contribution in [1.29, 1.82) is 0 Å². The van der Waals surface area contributed by atoms with E-state index >= 15 is 0 Å². The normalized spacial score (nSPS) is 15.9. The van der Waals surface area contributed by atoms with E-state index in [0.717, 1.165) is 41.3 Å². The van der Waals surface area contributed by atoms with Crippen LogP contribution >= 0.6 is 0 Å². The lowest BCUT2D eigenvalue weighted by Crippen LogP contribution is -2.45. The fourth-order valence-electron chi connectivity index (χ4n) is 3.34. The topological polar surface area (TPSA) is 67.4 Å². The van der Waals surface area contributed by atoms with Gasteiger partial charge in [0.2, 0.25) is 0 Å². The Labute approximate surface area is 157 Å². The predicted molar refractivity (Wildman–Crippen MR) is 102 cm³/mol. The zero-order valence-corrected chi connectivity index (χ0v) is 15.3. The average molecular weight is 363 g/mol. The smallest absolute Gasteiger partial charge is 0.272 e. The van der Waals surface area contributed by atoms with Crippen molar-refractivity contribution < 1.29 is 14.3 Å². The van der Waals surface area contributed by atoms with Crippen LogP contribution in [0.2, 0.25) is 0 Å². The maximum absolute atomic E-state index is 12.9. The molecule has 138 valence electrons. The van der Waals surface area contributed by atoms with Crippen LogP contribution in [-0.2, 0) is 0 Å². The largest absolute Gasteiger partial charge is 0.497 e. The number of ether oxygens (including phenoxy) is 2. The van der Waals surface area contributed by atoms with Crippen molar-refractivity contribution >= 4 is 5.91 Å². The number of nitrogens with one attached hydrogen (secondary N) is 1. The molecule has 6 nitrogen and oxygen atoms in total. The zero-order chi connectivity index (χ0) is 18.8. The molecule has 0 radical (unpaired) electrons. The number of hydrogen-bond acceptors (Lipinski definition) is 4. The van der Waals surface area contributed by atoms with Gasteiger partial charge in [-0.2, -0.15) is 5.10 Å². The summed E-state index contributed by atoms with van der Waals surface area (Å²) in [4.78, 5) is 14.8. The Kier molecular flexibility index (Phi) is 4.54. The van der Waals surface area contributed by atoms with E-state index in [1.165, 1.54) is 0 Å². The van der Waals surface area contributed by atoms with Gasteiger partial charge in [-0.05, 0) is 42.3 Å². The summed E-state index contributed by atoms with van der Waals surface area (Å²) in [5, 5.41) is 7.18. The van der Waals surface area contributed by atoms with Crippen LogP contribution in [0.15, 0.2) is 54.6 Å². The molecule has 1 aliphatic heterocycles. The standard InChI is InChI=1S/C21H21N3O3/c1-26-16-7-3-5-14(11-16)18-13-19(23-22-18)21(25)24-10-9-20(24)15-6-4-8-17(12-15)27-2/h3-8,11-13,20H,9-10H2,1-2H3,(H,22,23)/t20-/m0/s1. The molecule has 6 heteroatoms. The Hall–Kier alpha value is -3.28. The lowest BCUT2D eigenvalue weighted by Gasteiger charge is -2.41. The number of H-pyrrole nitrogens is 1. The molecule has 1 atom stereocenters. The van der Waals surface area contributed by atoms with Crippen molar-refractivity contribution in [2.75, 3.05) is 20.8 Å². The molecule has 1 saturated heterocycles. The number of benzene rings is 2. The van der Waals surface area contributed by atoms with Crippen LogP contribution < -0.4 is 9.47 Å². The second-order valence-electron chi connectivity index (χ2n) is 6.48. The summed E-state index contributed by atoms with van der Waals surface area (Å²) >= 11 is 0. The van der Waals surface area contributed by atoms with Crippen LogP contribution in [0.3, 0.4) is 0 Å². The van der Waals surface area contributed by atoms with Gasteiger partial charge in [0.15, 0.2) is 0 Å². The summed E-state index contributed by atoms with van der Waals surface area (Å²) in [6.07, 6.45) is 0.940. The van der Waals surface area contributed by atoms with E-state index in [2.05, 4.69) is 10.2 Å². The van der Waals surface area contributed by atoms with Gasteiger partial charge < -0.3 is 14.4 Å². The number of methoxy groups -OCH3 is 2. The first-order valence-corrected chi connectivity index (χ1v) is 8.84. The molecule has 0 bridgehead atoms. The lowest BCUT2D eigenvalue weighted by atomic mass is 9.94.